The Morgan fingerprint density at radius 2 is 1.89 bits per heavy atom. The van der Waals surface area contributed by atoms with Crippen LogP contribution in [0.1, 0.15) is 27.9 Å². The number of likely N-dealkylation sites (N-methyl/N-ethyl adjacent to an activating group) is 1. The van der Waals surface area contributed by atoms with Gasteiger partial charge in [-0.2, -0.15) is 0 Å². The number of hydrogen-bond donors (Lipinski definition) is 0. The fraction of sp³-hybridized carbons (Fsp3) is 0.381. The van der Waals surface area contributed by atoms with Gasteiger partial charge in [-0.25, -0.2) is 0 Å². The molecule has 1 amide bonds. The number of anilines is 1. The molecule has 0 bridgehead atoms. The van der Waals surface area contributed by atoms with Gasteiger partial charge >= 0.3 is 0 Å². The Bertz CT molecular complexity index is 866. The summed E-state index contributed by atoms with van der Waals surface area (Å²) in [7, 11) is 4.24. The van der Waals surface area contributed by atoms with Crippen molar-refractivity contribution in [2.75, 3.05) is 32.1 Å². The topological polar surface area (TPSA) is 26.8 Å². The van der Waals surface area contributed by atoms with Crippen molar-refractivity contribution < 1.29 is 4.79 Å². The first-order chi connectivity index (χ1) is 12.9. The molecule has 6 heteroatoms. The molecule has 0 aliphatic carbocycles. The molecule has 0 aromatic heterocycles. The third-order valence-electron chi connectivity index (χ3n) is 5.56. The van der Waals surface area contributed by atoms with Crippen molar-refractivity contribution in [2.45, 2.75) is 25.6 Å². The molecule has 4 nitrogen and oxygen atoms in total. The first kappa shape index (κ1) is 18.6. The molecule has 27 heavy (non-hydrogen) atoms. The fourth-order valence-electron chi connectivity index (χ4n) is 3.97. The van der Waals surface area contributed by atoms with Gasteiger partial charge in [-0.05, 0) is 55.9 Å². The predicted octanol–water partition coefficient (Wildman–Crippen LogP) is 4.29. The van der Waals surface area contributed by atoms with Gasteiger partial charge in [0.25, 0.3) is 5.91 Å². The maximum Gasteiger partial charge on any atom is 0.256 e. The van der Waals surface area contributed by atoms with Crippen molar-refractivity contribution in [2.24, 2.45) is 0 Å². The van der Waals surface area contributed by atoms with Crippen LogP contribution in [-0.2, 0) is 13.1 Å². The van der Waals surface area contributed by atoms with E-state index in [0.29, 0.717) is 34.7 Å². The molecule has 1 atom stereocenters. The summed E-state index contributed by atoms with van der Waals surface area (Å²) in [5, 5.41) is 1.25. The van der Waals surface area contributed by atoms with E-state index in [2.05, 4.69) is 30.0 Å². The van der Waals surface area contributed by atoms with Gasteiger partial charge in [0.15, 0.2) is 0 Å². The summed E-state index contributed by atoms with van der Waals surface area (Å²) in [5.74, 6) is 0.00379. The van der Waals surface area contributed by atoms with Gasteiger partial charge in [-0.15, -0.1) is 0 Å². The summed E-state index contributed by atoms with van der Waals surface area (Å²) in [6, 6.07) is 12.3. The molecule has 2 aliphatic heterocycles. The third kappa shape index (κ3) is 3.66. The lowest BCUT2D eigenvalue weighted by molar-refractivity contribution is 0.0767. The van der Waals surface area contributed by atoms with Crippen LogP contribution < -0.4 is 4.90 Å². The number of rotatable bonds is 4. The number of amides is 1. The molecule has 2 heterocycles. The molecule has 142 valence electrons. The molecule has 2 aromatic carbocycles. The number of fused-ring (bicyclic) bond motifs is 1. The van der Waals surface area contributed by atoms with Gasteiger partial charge in [-0.1, -0.05) is 35.3 Å². The first-order valence-electron chi connectivity index (χ1n) is 9.20. The minimum absolute atomic E-state index is 0.00379. The van der Waals surface area contributed by atoms with Crippen LogP contribution in [0.4, 0.5) is 5.69 Å². The summed E-state index contributed by atoms with van der Waals surface area (Å²) < 4.78 is 0. The smallest absolute Gasteiger partial charge is 0.256 e. The molecule has 1 fully saturated rings. The van der Waals surface area contributed by atoms with Crippen molar-refractivity contribution in [1.82, 2.24) is 9.80 Å². The molecule has 0 radical (unpaired) electrons. The molecule has 0 N–H and O–H groups in total. The second-order valence-electron chi connectivity index (χ2n) is 7.60. The normalized spacial score (nSPS) is 19.3. The van der Waals surface area contributed by atoms with Crippen LogP contribution >= 0.6 is 23.2 Å². The van der Waals surface area contributed by atoms with Crippen LogP contribution in [0.5, 0.6) is 0 Å². The second kappa shape index (κ2) is 7.34. The fourth-order valence-corrected chi connectivity index (χ4v) is 4.41. The molecular weight excluding hydrogens is 381 g/mol. The van der Waals surface area contributed by atoms with Crippen molar-refractivity contribution in [3.63, 3.8) is 0 Å². The average Bonchev–Trinajstić information content (AvgIpc) is 3.23. The highest BCUT2D eigenvalue weighted by molar-refractivity contribution is 6.34. The van der Waals surface area contributed by atoms with Gasteiger partial charge in [0.1, 0.15) is 0 Å². The quantitative estimate of drug-likeness (QED) is 0.761. The Kier molecular flexibility index (Phi) is 5.06. The first-order valence-corrected chi connectivity index (χ1v) is 9.95. The third-order valence-corrected chi connectivity index (χ3v) is 6.11. The molecule has 0 saturated carbocycles. The van der Waals surface area contributed by atoms with E-state index in [4.69, 9.17) is 23.2 Å². The highest BCUT2D eigenvalue weighted by atomic mass is 35.5. The summed E-state index contributed by atoms with van der Waals surface area (Å²) in [4.78, 5) is 19.3. The number of hydrogen-bond acceptors (Lipinski definition) is 3. The Balaban J connectivity index is 1.54. The zero-order valence-corrected chi connectivity index (χ0v) is 17.1. The molecular formula is C21H23Cl2N3O. The Labute approximate surface area is 170 Å². The van der Waals surface area contributed by atoms with E-state index in [9.17, 15) is 4.79 Å². The standard InChI is InChI=1S/C21H23Cl2N3O/c1-24(2)17-7-8-25(13-17)18-9-15-12-26(21(27)20(15)19(23)10-18)11-14-3-5-16(22)6-4-14/h3-6,9-10,17H,7-8,11-13H2,1-2H3/t17-/m1/s1. The van der Waals surface area contributed by atoms with Crippen molar-refractivity contribution in [1.29, 1.82) is 0 Å². The number of carbonyl (C=O) groups is 1. The van der Waals surface area contributed by atoms with Crippen molar-refractivity contribution in [3.05, 3.63) is 63.1 Å². The molecule has 1 saturated heterocycles. The summed E-state index contributed by atoms with van der Waals surface area (Å²) in [6.45, 7) is 3.16. The van der Waals surface area contributed by atoms with E-state index in [-0.39, 0.29) is 5.91 Å². The molecule has 4 rings (SSSR count). The summed E-state index contributed by atoms with van der Waals surface area (Å²) in [5.41, 5.74) is 3.84. The zero-order chi connectivity index (χ0) is 19.1. The second-order valence-corrected chi connectivity index (χ2v) is 8.45. The van der Waals surface area contributed by atoms with Gasteiger partial charge in [0.05, 0.1) is 10.6 Å². The van der Waals surface area contributed by atoms with E-state index in [1.54, 1.807) is 0 Å². The lowest BCUT2D eigenvalue weighted by Crippen LogP contribution is -2.31. The van der Waals surface area contributed by atoms with Crippen LogP contribution in [0.25, 0.3) is 0 Å². The maximum absolute atomic E-state index is 12.9. The molecule has 0 spiro atoms. The van der Waals surface area contributed by atoms with Gasteiger partial charge < -0.3 is 14.7 Å². The SMILES string of the molecule is CN(C)[C@@H]1CCN(c2cc(Cl)c3c(c2)CN(Cc2ccc(Cl)cc2)C3=O)C1. The highest BCUT2D eigenvalue weighted by Gasteiger charge is 2.32. The van der Waals surface area contributed by atoms with Gasteiger partial charge in [0.2, 0.25) is 0 Å². The van der Waals surface area contributed by atoms with Crippen LogP contribution in [0.2, 0.25) is 10.0 Å². The average molecular weight is 404 g/mol. The monoisotopic (exact) mass is 403 g/mol. The van der Waals surface area contributed by atoms with Crippen molar-refractivity contribution >= 4 is 34.8 Å². The van der Waals surface area contributed by atoms with Crippen LogP contribution in [0, 0.1) is 0 Å². The number of nitrogens with zero attached hydrogens (tertiary/aromatic N) is 3. The van der Waals surface area contributed by atoms with E-state index in [1.165, 1.54) is 0 Å². The van der Waals surface area contributed by atoms with Gasteiger partial charge in [-0.3, -0.25) is 4.79 Å². The largest absolute Gasteiger partial charge is 0.370 e. The summed E-state index contributed by atoms with van der Waals surface area (Å²) >= 11 is 12.5. The predicted molar refractivity (Wildman–Crippen MR) is 111 cm³/mol. The number of benzene rings is 2. The highest BCUT2D eigenvalue weighted by Crippen LogP contribution is 2.35. The van der Waals surface area contributed by atoms with Gasteiger partial charge in [0, 0.05) is 42.9 Å². The maximum atomic E-state index is 12.9. The van der Waals surface area contributed by atoms with E-state index in [0.717, 1.165) is 36.3 Å². The van der Waals surface area contributed by atoms with Crippen molar-refractivity contribution in [3.8, 4) is 0 Å². The molecule has 2 aliphatic rings. The van der Waals surface area contributed by atoms with E-state index >= 15 is 0 Å². The Hall–Kier alpha value is -1.75. The zero-order valence-electron chi connectivity index (χ0n) is 15.6. The Morgan fingerprint density at radius 3 is 2.56 bits per heavy atom. The van der Waals surface area contributed by atoms with Crippen LogP contribution in [0.3, 0.4) is 0 Å². The van der Waals surface area contributed by atoms with Crippen LogP contribution in [0.15, 0.2) is 36.4 Å². The molecule has 2 aromatic rings. The minimum Gasteiger partial charge on any atom is -0.370 e. The number of halogens is 2. The Morgan fingerprint density at radius 1 is 1.15 bits per heavy atom. The molecule has 0 unspecified atom stereocenters. The van der Waals surface area contributed by atoms with E-state index in [1.807, 2.05) is 35.2 Å². The van der Waals surface area contributed by atoms with Crippen LogP contribution in [-0.4, -0.2) is 48.9 Å². The summed E-state index contributed by atoms with van der Waals surface area (Å²) in [6.07, 6.45) is 1.14. The van der Waals surface area contributed by atoms with E-state index < -0.39 is 0 Å². The lowest BCUT2D eigenvalue weighted by Gasteiger charge is -2.22. The minimum atomic E-state index is 0.00379. The lowest BCUT2D eigenvalue weighted by atomic mass is 10.1. The number of carbonyl (C=O) groups excluding carboxylic acids is 1.